The van der Waals surface area contributed by atoms with Gasteiger partial charge in [0.15, 0.2) is 11.5 Å². The highest BCUT2D eigenvalue weighted by Gasteiger charge is 2.43. The Balaban J connectivity index is 1.55. The van der Waals surface area contributed by atoms with E-state index in [1.165, 1.54) is 0 Å². The zero-order valence-corrected chi connectivity index (χ0v) is 17.0. The number of fused-ring (bicyclic) bond motifs is 1. The molecular formula is C23H27NO5. The minimum absolute atomic E-state index is 0.0495. The second kappa shape index (κ2) is 8.23. The van der Waals surface area contributed by atoms with Crippen molar-refractivity contribution in [1.82, 2.24) is 5.32 Å². The summed E-state index contributed by atoms with van der Waals surface area (Å²) in [4.78, 5) is 13.4. The van der Waals surface area contributed by atoms with Crippen LogP contribution in [0.4, 0.5) is 0 Å². The molecule has 154 valence electrons. The molecule has 0 atom stereocenters. The smallest absolute Gasteiger partial charge is 0.230 e. The molecule has 0 radical (unpaired) electrons. The van der Waals surface area contributed by atoms with Crippen LogP contribution in [0.2, 0.25) is 0 Å². The lowest BCUT2D eigenvalue weighted by atomic mass is 9.77. The van der Waals surface area contributed by atoms with Gasteiger partial charge in [-0.25, -0.2) is 0 Å². The molecule has 0 bridgehead atoms. The van der Waals surface area contributed by atoms with E-state index in [1.807, 2.05) is 36.4 Å². The largest absolute Gasteiger partial charge is 0.497 e. The van der Waals surface area contributed by atoms with Crippen molar-refractivity contribution in [2.24, 2.45) is 0 Å². The maximum absolute atomic E-state index is 13.4. The van der Waals surface area contributed by atoms with Crippen LogP contribution in [0.3, 0.4) is 0 Å². The molecule has 2 aromatic rings. The van der Waals surface area contributed by atoms with Crippen molar-refractivity contribution in [3.05, 3.63) is 47.5 Å². The highest BCUT2D eigenvalue weighted by atomic mass is 16.6. The number of ether oxygens (including phenoxy) is 4. The molecule has 0 aromatic heterocycles. The molecule has 1 aliphatic carbocycles. The standard InChI is InChI=1S/C23H27NO5/c1-26-18-11-16(12-19(14-18)27-2)15-24-22(25)23(7-3-4-8-23)17-5-6-20-21(13-17)29-10-9-28-20/h5-6,11-14H,3-4,7-10,15H2,1-2H3,(H,24,25). The van der Waals surface area contributed by atoms with Crippen molar-refractivity contribution < 1.29 is 23.7 Å². The molecule has 4 rings (SSSR count). The van der Waals surface area contributed by atoms with Crippen LogP contribution >= 0.6 is 0 Å². The molecular weight excluding hydrogens is 370 g/mol. The molecule has 0 unspecified atom stereocenters. The van der Waals surface area contributed by atoms with Gasteiger partial charge in [0.2, 0.25) is 5.91 Å². The van der Waals surface area contributed by atoms with Crippen molar-refractivity contribution in [2.45, 2.75) is 37.6 Å². The van der Waals surface area contributed by atoms with E-state index in [2.05, 4.69) is 5.32 Å². The third-order valence-corrected chi connectivity index (χ3v) is 5.85. The number of amides is 1. The Bertz CT molecular complexity index is 867. The maximum atomic E-state index is 13.4. The average molecular weight is 397 g/mol. The van der Waals surface area contributed by atoms with Crippen molar-refractivity contribution in [3.8, 4) is 23.0 Å². The molecule has 6 nitrogen and oxygen atoms in total. The summed E-state index contributed by atoms with van der Waals surface area (Å²) in [5, 5.41) is 3.14. The van der Waals surface area contributed by atoms with E-state index in [-0.39, 0.29) is 5.91 Å². The first-order valence-electron chi connectivity index (χ1n) is 10.0. The van der Waals surface area contributed by atoms with Gasteiger partial charge in [-0.2, -0.15) is 0 Å². The maximum Gasteiger partial charge on any atom is 0.230 e. The first-order chi connectivity index (χ1) is 14.1. The lowest BCUT2D eigenvalue weighted by molar-refractivity contribution is -0.126. The molecule has 29 heavy (non-hydrogen) atoms. The van der Waals surface area contributed by atoms with Crippen LogP contribution in [-0.2, 0) is 16.8 Å². The number of carbonyl (C=O) groups is 1. The molecule has 1 heterocycles. The topological polar surface area (TPSA) is 66.0 Å². The number of benzene rings is 2. The SMILES string of the molecule is COc1cc(CNC(=O)C2(c3ccc4c(c3)OCCO4)CCCC2)cc(OC)c1. The third kappa shape index (κ3) is 3.84. The zero-order chi connectivity index (χ0) is 20.3. The van der Waals surface area contributed by atoms with Gasteiger partial charge in [-0.3, -0.25) is 4.79 Å². The summed E-state index contributed by atoms with van der Waals surface area (Å²) in [6.07, 6.45) is 3.74. The van der Waals surface area contributed by atoms with Crippen LogP contribution in [0.25, 0.3) is 0 Å². The third-order valence-electron chi connectivity index (χ3n) is 5.85. The van der Waals surface area contributed by atoms with E-state index < -0.39 is 5.41 Å². The Morgan fingerprint density at radius 2 is 1.62 bits per heavy atom. The number of hydrogen-bond donors (Lipinski definition) is 1. The van der Waals surface area contributed by atoms with Crippen molar-refractivity contribution in [2.75, 3.05) is 27.4 Å². The van der Waals surface area contributed by atoms with Crippen molar-refractivity contribution >= 4 is 5.91 Å². The minimum atomic E-state index is -0.529. The fourth-order valence-corrected chi connectivity index (χ4v) is 4.29. The normalized spacial score (nSPS) is 16.9. The van der Waals surface area contributed by atoms with Gasteiger partial charge in [-0.05, 0) is 48.2 Å². The van der Waals surface area contributed by atoms with Gasteiger partial charge < -0.3 is 24.3 Å². The second-order valence-corrected chi connectivity index (χ2v) is 7.55. The second-order valence-electron chi connectivity index (χ2n) is 7.55. The summed E-state index contributed by atoms with van der Waals surface area (Å²) in [6, 6.07) is 11.5. The molecule has 6 heteroatoms. The van der Waals surface area contributed by atoms with E-state index in [0.29, 0.717) is 31.3 Å². The summed E-state index contributed by atoms with van der Waals surface area (Å²) >= 11 is 0. The fourth-order valence-electron chi connectivity index (χ4n) is 4.29. The van der Waals surface area contributed by atoms with Gasteiger partial charge >= 0.3 is 0 Å². The van der Waals surface area contributed by atoms with E-state index in [4.69, 9.17) is 18.9 Å². The molecule has 1 fully saturated rings. The van der Waals surface area contributed by atoms with Gasteiger partial charge in [0.25, 0.3) is 0 Å². The molecule has 1 saturated carbocycles. The first kappa shape index (κ1) is 19.4. The Labute approximate surface area is 171 Å². The van der Waals surface area contributed by atoms with Gasteiger partial charge in [0.1, 0.15) is 24.7 Å². The van der Waals surface area contributed by atoms with Crippen LogP contribution in [-0.4, -0.2) is 33.3 Å². The lowest BCUT2D eigenvalue weighted by Gasteiger charge is -2.30. The Kier molecular flexibility index (Phi) is 5.51. The Morgan fingerprint density at radius 1 is 0.966 bits per heavy atom. The fraction of sp³-hybridized carbons (Fsp3) is 0.435. The highest BCUT2D eigenvalue weighted by Crippen LogP contribution is 2.44. The average Bonchev–Trinajstić information content (AvgIpc) is 3.28. The van der Waals surface area contributed by atoms with Crippen LogP contribution < -0.4 is 24.3 Å². The quantitative estimate of drug-likeness (QED) is 0.807. The molecule has 2 aliphatic rings. The summed E-state index contributed by atoms with van der Waals surface area (Å²) in [5.74, 6) is 2.93. The molecule has 1 aliphatic heterocycles. The van der Waals surface area contributed by atoms with Crippen LogP contribution in [0, 0.1) is 0 Å². The van der Waals surface area contributed by atoms with E-state index in [1.54, 1.807) is 14.2 Å². The number of rotatable bonds is 6. The van der Waals surface area contributed by atoms with Crippen molar-refractivity contribution in [1.29, 1.82) is 0 Å². The van der Waals surface area contributed by atoms with Crippen LogP contribution in [0.5, 0.6) is 23.0 Å². The summed E-state index contributed by atoms with van der Waals surface area (Å²) < 4.78 is 22.0. The Hall–Kier alpha value is -2.89. The zero-order valence-electron chi connectivity index (χ0n) is 17.0. The van der Waals surface area contributed by atoms with Gasteiger partial charge in [0, 0.05) is 12.6 Å². The number of carbonyl (C=O) groups excluding carboxylic acids is 1. The van der Waals surface area contributed by atoms with E-state index >= 15 is 0 Å². The first-order valence-corrected chi connectivity index (χ1v) is 10.0. The minimum Gasteiger partial charge on any atom is -0.497 e. The molecule has 0 spiro atoms. The summed E-state index contributed by atoms with van der Waals surface area (Å²) in [7, 11) is 3.24. The summed E-state index contributed by atoms with van der Waals surface area (Å²) in [5.41, 5.74) is 1.41. The molecule has 1 amide bonds. The van der Waals surface area contributed by atoms with E-state index in [9.17, 15) is 4.79 Å². The monoisotopic (exact) mass is 397 g/mol. The number of hydrogen-bond acceptors (Lipinski definition) is 5. The van der Waals surface area contributed by atoms with Gasteiger partial charge in [0.05, 0.1) is 19.6 Å². The number of nitrogens with one attached hydrogen (secondary N) is 1. The Morgan fingerprint density at radius 3 is 2.28 bits per heavy atom. The predicted octanol–water partition coefficient (Wildman–Crippen LogP) is 3.60. The van der Waals surface area contributed by atoms with Crippen LogP contribution in [0.1, 0.15) is 36.8 Å². The lowest BCUT2D eigenvalue weighted by Crippen LogP contribution is -2.42. The molecule has 2 aromatic carbocycles. The van der Waals surface area contributed by atoms with Crippen molar-refractivity contribution in [3.63, 3.8) is 0 Å². The predicted molar refractivity (Wildman–Crippen MR) is 109 cm³/mol. The van der Waals surface area contributed by atoms with Gasteiger partial charge in [-0.15, -0.1) is 0 Å². The van der Waals surface area contributed by atoms with Crippen LogP contribution in [0.15, 0.2) is 36.4 Å². The number of methoxy groups -OCH3 is 2. The van der Waals surface area contributed by atoms with E-state index in [0.717, 1.165) is 48.3 Å². The summed E-state index contributed by atoms with van der Waals surface area (Å²) in [6.45, 7) is 1.51. The highest BCUT2D eigenvalue weighted by molar-refractivity contribution is 5.88. The molecule has 1 N–H and O–H groups in total. The van der Waals surface area contributed by atoms with Gasteiger partial charge in [-0.1, -0.05) is 18.9 Å². The molecule has 0 saturated heterocycles.